The van der Waals surface area contributed by atoms with Crippen LogP contribution < -0.4 is 5.32 Å². The molecular weight excluding hydrogens is 190 g/mol. The Hall–Kier alpha value is -1.92. The molecule has 7 nitrogen and oxygen atoms in total. The maximum Gasteiger partial charge on any atom is 0.342 e. The average Bonchev–Trinajstić information content (AvgIpc) is 2.32. The van der Waals surface area contributed by atoms with Gasteiger partial charge >= 0.3 is 23.9 Å². The number of urea groups is 2. The van der Waals surface area contributed by atoms with E-state index in [1.165, 1.54) is 0 Å². The van der Waals surface area contributed by atoms with Crippen LogP contribution in [0.3, 0.4) is 0 Å². The fourth-order valence-electron chi connectivity index (χ4n) is 0.972. The molecule has 0 aromatic heterocycles. The number of nitrogens with one attached hydrogen (secondary N) is 1. The highest BCUT2D eigenvalue weighted by Crippen LogP contribution is 2.09. The zero-order chi connectivity index (χ0) is 10.9. The minimum atomic E-state index is -1.12. The first-order valence-corrected chi connectivity index (χ1v) is 3.94. The molecule has 0 radical (unpaired) electrons. The molecule has 1 fully saturated rings. The van der Waals surface area contributed by atoms with E-state index in [4.69, 9.17) is 0 Å². The van der Waals surface area contributed by atoms with Crippen LogP contribution in [-0.4, -0.2) is 47.3 Å². The number of amides is 6. The summed E-state index contributed by atoms with van der Waals surface area (Å²) in [4.78, 5) is 45.3. The van der Waals surface area contributed by atoms with Crippen LogP contribution in [0.5, 0.6) is 0 Å². The standard InChI is InChI=1S/C7H9N3O4/c1-3-8-6(13)10-5(12)4(11)9(2)7(10)14/h3H2,1-2H3,(H,8,13). The molecule has 1 heterocycles. The topological polar surface area (TPSA) is 86.8 Å². The van der Waals surface area contributed by atoms with E-state index >= 15 is 0 Å². The van der Waals surface area contributed by atoms with Gasteiger partial charge in [0.15, 0.2) is 0 Å². The van der Waals surface area contributed by atoms with Crippen molar-refractivity contribution in [1.29, 1.82) is 0 Å². The third kappa shape index (κ3) is 1.32. The number of imide groups is 4. The lowest BCUT2D eigenvalue weighted by Crippen LogP contribution is -2.44. The SMILES string of the molecule is CCNC(=O)N1C(=O)C(=O)N(C)C1=O. The summed E-state index contributed by atoms with van der Waals surface area (Å²) in [5.41, 5.74) is 0. The molecule has 1 aliphatic heterocycles. The van der Waals surface area contributed by atoms with Crippen molar-refractivity contribution in [3.05, 3.63) is 0 Å². The summed E-state index contributed by atoms with van der Waals surface area (Å²) in [6.07, 6.45) is 0. The first kappa shape index (κ1) is 10.2. The molecule has 0 saturated carbocycles. The normalized spacial score (nSPS) is 16.6. The fourth-order valence-corrected chi connectivity index (χ4v) is 0.972. The van der Waals surface area contributed by atoms with E-state index in [1.807, 2.05) is 0 Å². The quantitative estimate of drug-likeness (QED) is 0.439. The van der Waals surface area contributed by atoms with Gasteiger partial charge in [-0.15, -0.1) is 0 Å². The maximum absolute atomic E-state index is 11.2. The lowest BCUT2D eigenvalue weighted by Gasteiger charge is -2.10. The van der Waals surface area contributed by atoms with Crippen molar-refractivity contribution in [3.8, 4) is 0 Å². The van der Waals surface area contributed by atoms with Crippen LogP contribution in [0.4, 0.5) is 9.59 Å². The largest absolute Gasteiger partial charge is 0.342 e. The Morgan fingerprint density at radius 1 is 1.29 bits per heavy atom. The number of carbonyl (C=O) groups excluding carboxylic acids is 4. The second-order valence-electron chi connectivity index (χ2n) is 2.62. The van der Waals surface area contributed by atoms with E-state index < -0.39 is 23.9 Å². The van der Waals surface area contributed by atoms with Crippen LogP contribution in [0.2, 0.25) is 0 Å². The summed E-state index contributed by atoms with van der Waals surface area (Å²) in [7, 11) is 1.14. The molecule has 1 rings (SSSR count). The molecule has 7 heteroatoms. The Morgan fingerprint density at radius 3 is 2.21 bits per heavy atom. The number of likely N-dealkylation sites (N-methyl/N-ethyl adjacent to an activating group) is 1. The molecule has 0 bridgehead atoms. The van der Waals surface area contributed by atoms with E-state index in [2.05, 4.69) is 5.32 Å². The van der Waals surface area contributed by atoms with Crippen LogP contribution >= 0.6 is 0 Å². The van der Waals surface area contributed by atoms with E-state index in [9.17, 15) is 19.2 Å². The van der Waals surface area contributed by atoms with Gasteiger partial charge in [-0.1, -0.05) is 0 Å². The van der Waals surface area contributed by atoms with E-state index in [-0.39, 0.29) is 11.4 Å². The fraction of sp³-hybridized carbons (Fsp3) is 0.429. The van der Waals surface area contributed by atoms with Crippen molar-refractivity contribution < 1.29 is 19.2 Å². The van der Waals surface area contributed by atoms with E-state index in [0.717, 1.165) is 7.05 Å². The van der Waals surface area contributed by atoms with Crippen molar-refractivity contribution in [2.45, 2.75) is 6.92 Å². The molecule has 0 aromatic rings. The summed E-state index contributed by atoms with van der Waals surface area (Å²) in [5, 5.41) is 2.26. The van der Waals surface area contributed by atoms with E-state index in [0.29, 0.717) is 4.90 Å². The predicted molar refractivity (Wildman–Crippen MR) is 44.1 cm³/mol. The summed E-state index contributed by atoms with van der Waals surface area (Å²) in [5.74, 6) is -2.12. The highest BCUT2D eigenvalue weighted by molar-refractivity contribution is 6.47. The summed E-state index contributed by atoms with van der Waals surface area (Å²) >= 11 is 0. The highest BCUT2D eigenvalue weighted by atomic mass is 16.2. The van der Waals surface area contributed by atoms with Crippen LogP contribution in [0, 0.1) is 0 Å². The molecular formula is C7H9N3O4. The first-order valence-electron chi connectivity index (χ1n) is 3.94. The van der Waals surface area contributed by atoms with Gasteiger partial charge in [0.2, 0.25) is 0 Å². The number of nitrogens with zero attached hydrogens (tertiary/aromatic N) is 2. The Bertz CT molecular complexity index is 325. The molecule has 1 saturated heterocycles. The van der Waals surface area contributed by atoms with Gasteiger partial charge in [0.25, 0.3) is 0 Å². The molecule has 6 amide bonds. The third-order valence-corrected chi connectivity index (χ3v) is 1.70. The molecule has 0 unspecified atom stereocenters. The van der Waals surface area contributed by atoms with Crippen molar-refractivity contribution >= 4 is 23.9 Å². The number of hydrogen-bond donors (Lipinski definition) is 1. The number of carbonyl (C=O) groups is 4. The Balaban J connectivity index is 2.90. The van der Waals surface area contributed by atoms with Crippen molar-refractivity contribution in [2.24, 2.45) is 0 Å². The molecule has 1 N–H and O–H groups in total. The lowest BCUT2D eigenvalue weighted by molar-refractivity contribution is -0.141. The van der Waals surface area contributed by atoms with Gasteiger partial charge in [-0.25, -0.2) is 9.59 Å². The molecule has 0 spiro atoms. The molecule has 14 heavy (non-hydrogen) atoms. The van der Waals surface area contributed by atoms with Crippen LogP contribution in [0.1, 0.15) is 6.92 Å². The summed E-state index contributed by atoms with van der Waals surface area (Å²) < 4.78 is 0. The average molecular weight is 199 g/mol. The monoisotopic (exact) mass is 199 g/mol. The van der Waals surface area contributed by atoms with Gasteiger partial charge in [-0.3, -0.25) is 14.5 Å². The van der Waals surface area contributed by atoms with Crippen LogP contribution in [0.15, 0.2) is 0 Å². The van der Waals surface area contributed by atoms with Crippen molar-refractivity contribution in [1.82, 2.24) is 15.1 Å². The zero-order valence-electron chi connectivity index (χ0n) is 7.73. The summed E-state index contributed by atoms with van der Waals surface area (Å²) in [6.45, 7) is 1.91. The van der Waals surface area contributed by atoms with Crippen LogP contribution in [-0.2, 0) is 9.59 Å². The first-order chi connectivity index (χ1) is 6.50. The van der Waals surface area contributed by atoms with Gasteiger partial charge in [-0.2, -0.15) is 4.90 Å². The molecule has 0 atom stereocenters. The highest BCUT2D eigenvalue weighted by Gasteiger charge is 2.45. The maximum atomic E-state index is 11.2. The molecule has 0 aromatic carbocycles. The second kappa shape index (κ2) is 3.44. The van der Waals surface area contributed by atoms with Gasteiger partial charge in [0.05, 0.1) is 0 Å². The molecule has 0 aliphatic carbocycles. The Kier molecular flexibility index (Phi) is 2.50. The smallest absolute Gasteiger partial charge is 0.337 e. The van der Waals surface area contributed by atoms with Gasteiger partial charge in [-0.05, 0) is 6.92 Å². The molecule has 1 aliphatic rings. The van der Waals surface area contributed by atoms with E-state index in [1.54, 1.807) is 6.92 Å². The minimum absolute atomic E-state index is 0.272. The molecule has 76 valence electrons. The number of rotatable bonds is 1. The van der Waals surface area contributed by atoms with Crippen molar-refractivity contribution in [3.63, 3.8) is 0 Å². The predicted octanol–water partition coefficient (Wildman–Crippen LogP) is -0.864. The van der Waals surface area contributed by atoms with Crippen molar-refractivity contribution in [2.75, 3.05) is 13.6 Å². The second-order valence-corrected chi connectivity index (χ2v) is 2.62. The minimum Gasteiger partial charge on any atom is -0.337 e. The summed E-state index contributed by atoms with van der Waals surface area (Å²) in [6, 6.07) is -1.80. The lowest BCUT2D eigenvalue weighted by atomic mass is 10.5. The number of hydrogen-bond acceptors (Lipinski definition) is 4. The van der Waals surface area contributed by atoms with Gasteiger partial charge < -0.3 is 5.32 Å². The third-order valence-electron chi connectivity index (χ3n) is 1.70. The van der Waals surface area contributed by atoms with Gasteiger partial charge in [0, 0.05) is 13.6 Å². The zero-order valence-corrected chi connectivity index (χ0v) is 7.73. The van der Waals surface area contributed by atoms with Crippen LogP contribution in [0.25, 0.3) is 0 Å². The Morgan fingerprint density at radius 2 is 1.86 bits per heavy atom. The van der Waals surface area contributed by atoms with Gasteiger partial charge in [0.1, 0.15) is 0 Å². The Labute approximate surface area is 79.6 Å².